The predicted molar refractivity (Wildman–Crippen MR) is 115 cm³/mol. The summed E-state index contributed by atoms with van der Waals surface area (Å²) in [7, 11) is 0. The average Bonchev–Trinajstić information content (AvgIpc) is 2.68. The van der Waals surface area contributed by atoms with Crippen molar-refractivity contribution in [1.29, 1.82) is 0 Å². The number of thioether (sulfide) groups is 1. The van der Waals surface area contributed by atoms with Crippen LogP contribution in [0.5, 0.6) is 0 Å². The van der Waals surface area contributed by atoms with Crippen molar-refractivity contribution in [3.8, 4) is 0 Å². The van der Waals surface area contributed by atoms with Gasteiger partial charge in [0.05, 0.1) is 25.4 Å². The van der Waals surface area contributed by atoms with Gasteiger partial charge in [0.15, 0.2) is 5.96 Å². The summed E-state index contributed by atoms with van der Waals surface area (Å²) < 4.78 is 5.81. The number of ether oxygens (including phenoxy) is 1. The normalized spacial score (nSPS) is 23.6. The largest absolute Gasteiger partial charge is 0.387 e. The van der Waals surface area contributed by atoms with Crippen LogP contribution in [0.2, 0.25) is 0 Å². The number of aliphatic hydroxyl groups is 1. The quantitative estimate of drug-likeness (QED) is 0.398. The molecule has 1 aliphatic carbocycles. The van der Waals surface area contributed by atoms with Gasteiger partial charge in [-0.1, -0.05) is 44.2 Å². The third-order valence-electron chi connectivity index (χ3n) is 4.79. The van der Waals surface area contributed by atoms with Gasteiger partial charge >= 0.3 is 0 Å². The summed E-state index contributed by atoms with van der Waals surface area (Å²) >= 11 is 1.84. The molecule has 6 heteroatoms. The number of nitrogens with one attached hydrogen (secondary N) is 2. The minimum atomic E-state index is -0.645. The van der Waals surface area contributed by atoms with Crippen molar-refractivity contribution in [3.05, 3.63) is 35.9 Å². The fraction of sp³-hybridized carbons (Fsp3) is 0.667. The van der Waals surface area contributed by atoms with Crippen molar-refractivity contribution in [2.24, 2.45) is 10.9 Å². The first-order valence-electron chi connectivity index (χ1n) is 10.0. The molecule has 27 heavy (non-hydrogen) atoms. The summed E-state index contributed by atoms with van der Waals surface area (Å²) in [6.07, 6.45) is 1.93. The third-order valence-corrected chi connectivity index (χ3v) is 6.20. The molecule has 1 saturated carbocycles. The maximum Gasteiger partial charge on any atom is 0.191 e. The van der Waals surface area contributed by atoms with Crippen LogP contribution in [0, 0.1) is 5.92 Å². The average molecular weight is 394 g/mol. The zero-order valence-corrected chi connectivity index (χ0v) is 17.7. The van der Waals surface area contributed by atoms with E-state index in [-0.39, 0.29) is 0 Å². The lowest BCUT2D eigenvalue weighted by Gasteiger charge is -2.44. The standard InChI is InChI=1S/C21H35N3O2S/c1-4-22-20(24-16-21(25)12-11-19(21)27-5-2)23-13-17(3)14-26-15-18-9-7-6-8-10-18/h6-10,17,19,25H,4-5,11-16H2,1-3H3,(H2,22,23,24). The van der Waals surface area contributed by atoms with Crippen molar-refractivity contribution >= 4 is 17.7 Å². The highest BCUT2D eigenvalue weighted by molar-refractivity contribution is 8.00. The number of guanidine groups is 1. The zero-order chi connectivity index (χ0) is 19.5. The summed E-state index contributed by atoms with van der Waals surface area (Å²) in [5.41, 5.74) is 0.550. The first-order chi connectivity index (χ1) is 13.1. The molecule has 1 aliphatic rings. The van der Waals surface area contributed by atoms with Crippen molar-refractivity contribution in [2.45, 2.75) is 51.1 Å². The van der Waals surface area contributed by atoms with E-state index < -0.39 is 5.60 Å². The second kappa shape index (κ2) is 11.6. The summed E-state index contributed by atoms with van der Waals surface area (Å²) in [6.45, 7) is 9.73. The van der Waals surface area contributed by atoms with Gasteiger partial charge in [0.1, 0.15) is 0 Å². The Hall–Kier alpha value is -1.24. The van der Waals surface area contributed by atoms with Crippen LogP contribution in [0.1, 0.15) is 39.2 Å². The number of hydrogen-bond donors (Lipinski definition) is 3. The van der Waals surface area contributed by atoms with Crippen molar-refractivity contribution in [1.82, 2.24) is 10.6 Å². The molecule has 0 heterocycles. The lowest BCUT2D eigenvalue weighted by molar-refractivity contribution is -0.0154. The van der Waals surface area contributed by atoms with Gasteiger partial charge in [-0.25, -0.2) is 0 Å². The van der Waals surface area contributed by atoms with Gasteiger partial charge < -0.3 is 20.5 Å². The second-order valence-corrected chi connectivity index (χ2v) is 8.75. The van der Waals surface area contributed by atoms with Crippen LogP contribution in [0.3, 0.4) is 0 Å². The van der Waals surface area contributed by atoms with Gasteiger partial charge in [0, 0.05) is 18.3 Å². The topological polar surface area (TPSA) is 65.9 Å². The second-order valence-electron chi connectivity index (χ2n) is 7.27. The smallest absolute Gasteiger partial charge is 0.191 e. The molecular weight excluding hydrogens is 358 g/mol. The van der Waals surface area contributed by atoms with E-state index in [2.05, 4.69) is 48.5 Å². The molecule has 1 aromatic rings. The summed E-state index contributed by atoms with van der Waals surface area (Å²) in [5, 5.41) is 17.7. The molecule has 3 atom stereocenters. The Kier molecular flexibility index (Phi) is 9.45. The Morgan fingerprint density at radius 3 is 2.74 bits per heavy atom. The number of rotatable bonds is 11. The Morgan fingerprint density at radius 1 is 1.33 bits per heavy atom. The minimum Gasteiger partial charge on any atom is -0.387 e. The van der Waals surface area contributed by atoms with Crippen molar-refractivity contribution in [2.75, 3.05) is 32.0 Å². The fourth-order valence-corrected chi connectivity index (χ4v) is 4.25. The molecular formula is C21H35N3O2S. The molecule has 1 fully saturated rings. The van der Waals surface area contributed by atoms with Crippen LogP contribution in [0.25, 0.3) is 0 Å². The molecule has 3 N–H and O–H groups in total. The van der Waals surface area contributed by atoms with Crippen LogP contribution in [-0.4, -0.2) is 53.9 Å². The summed E-state index contributed by atoms with van der Waals surface area (Å²) in [4.78, 5) is 4.63. The first-order valence-corrected chi connectivity index (χ1v) is 11.1. The molecule has 0 aliphatic heterocycles. The minimum absolute atomic E-state index is 0.319. The van der Waals surface area contributed by atoms with Crippen molar-refractivity contribution in [3.63, 3.8) is 0 Å². The van der Waals surface area contributed by atoms with E-state index in [4.69, 9.17) is 4.74 Å². The van der Waals surface area contributed by atoms with Gasteiger partial charge in [0.25, 0.3) is 0 Å². The Labute approximate surface area is 168 Å². The molecule has 0 radical (unpaired) electrons. The highest BCUT2D eigenvalue weighted by Crippen LogP contribution is 2.41. The molecule has 2 rings (SSSR count). The monoisotopic (exact) mass is 393 g/mol. The van der Waals surface area contributed by atoms with Crippen LogP contribution < -0.4 is 10.6 Å². The van der Waals surface area contributed by atoms with Gasteiger partial charge in [-0.2, -0.15) is 11.8 Å². The van der Waals surface area contributed by atoms with E-state index in [0.29, 0.717) is 30.9 Å². The van der Waals surface area contributed by atoms with Gasteiger partial charge in [-0.05, 0) is 37.0 Å². The number of hydrogen-bond acceptors (Lipinski definition) is 4. The molecule has 1 aromatic carbocycles. The Bertz CT molecular complexity index is 570. The molecule has 0 saturated heterocycles. The highest BCUT2D eigenvalue weighted by atomic mass is 32.2. The van der Waals surface area contributed by atoms with E-state index in [0.717, 1.165) is 37.6 Å². The number of benzene rings is 1. The fourth-order valence-electron chi connectivity index (χ4n) is 3.06. The van der Waals surface area contributed by atoms with E-state index in [1.54, 1.807) is 0 Å². The SMILES string of the molecule is CCNC(=NCC1(O)CCC1SCC)NCC(C)COCc1ccccc1. The lowest BCUT2D eigenvalue weighted by atomic mass is 9.79. The first kappa shape index (κ1) is 22.1. The maximum absolute atomic E-state index is 10.7. The van der Waals surface area contributed by atoms with Gasteiger partial charge in [0.2, 0.25) is 0 Å². The Morgan fingerprint density at radius 2 is 2.11 bits per heavy atom. The number of aliphatic imine (C=N–C) groups is 1. The Balaban J connectivity index is 1.72. The van der Waals surface area contributed by atoms with Crippen LogP contribution in [-0.2, 0) is 11.3 Å². The zero-order valence-electron chi connectivity index (χ0n) is 16.9. The van der Waals surface area contributed by atoms with Crippen LogP contribution in [0.15, 0.2) is 35.3 Å². The van der Waals surface area contributed by atoms with E-state index in [1.807, 2.05) is 30.0 Å². The van der Waals surface area contributed by atoms with E-state index in [1.165, 1.54) is 5.56 Å². The molecule has 0 amide bonds. The highest BCUT2D eigenvalue weighted by Gasteiger charge is 2.45. The molecule has 0 aromatic heterocycles. The molecule has 0 spiro atoms. The van der Waals surface area contributed by atoms with Crippen molar-refractivity contribution < 1.29 is 9.84 Å². The molecule has 0 bridgehead atoms. The predicted octanol–water partition coefficient (Wildman–Crippen LogP) is 3.04. The lowest BCUT2D eigenvalue weighted by Crippen LogP contribution is -2.53. The summed E-state index contributed by atoms with van der Waals surface area (Å²) in [5.74, 6) is 2.18. The number of nitrogens with zero attached hydrogens (tertiary/aromatic N) is 1. The molecule has 152 valence electrons. The van der Waals surface area contributed by atoms with Gasteiger partial charge in [-0.15, -0.1) is 0 Å². The van der Waals surface area contributed by atoms with Gasteiger partial charge in [-0.3, -0.25) is 4.99 Å². The maximum atomic E-state index is 10.7. The van der Waals surface area contributed by atoms with E-state index >= 15 is 0 Å². The van der Waals surface area contributed by atoms with Crippen LogP contribution >= 0.6 is 11.8 Å². The molecule has 3 unspecified atom stereocenters. The van der Waals surface area contributed by atoms with Crippen LogP contribution in [0.4, 0.5) is 0 Å². The summed E-state index contributed by atoms with van der Waals surface area (Å²) in [6, 6.07) is 10.2. The van der Waals surface area contributed by atoms with E-state index in [9.17, 15) is 5.11 Å². The molecule has 5 nitrogen and oxygen atoms in total. The third kappa shape index (κ3) is 7.35.